The average Bonchev–Trinajstić information content (AvgIpc) is 2.84. The summed E-state index contributed by atoms with van der Waals surface area (Å²) in [5, 5.41) is 0. The molecule has 0 aromatic heterocycles. The van der Waals surface area contributed by atoms with Crippen molar-refractivity contribution in [2.75, 3.05) is 13.1 Å². The van der Waals surface area contributed by atoms with Crippen LogP contribution in [0.2, 0.25) is 0 Å². The van der Waals surface area contributed by atoms with Crippen molar-refractivity contribution in [3.63, 3.8) is 0 Å². The molecule has 2 atom stereocenters. The van der Waals surface area contributed by atoms with Gasteiger partial charge in [0, 0.05) is 31.6 Å². The first kappa shape index (κ1) is 14.2. The van der Waals surface area contributed by atoms with E-state index in [-0.39, 0.29) is 17.8 Å². The zero-order valence-electron chi connectivity index (χ0n) is 12.3. The van der Waals surface area contributed by atoms with Gasteiger partial charge in [0.05, 0.1) is 0 Å². The first-order valence-electron chi connectivity index (χ1n) is 7.41. The van der Waals surface area contributed by atoms with Crippen LogP contribution in [0.15, 0.2) is 48.5 Å². The molecule has 2 N–H and O–H groups in total. The maximum atomic E-state index is 13.7. The van der Waals surface area contributed by atoms with Crippen LogP contribution >= 0.6 is 0 Å². The van der Waals surface area contributed by atoms with Crippen LogP contribution in [0.25, 0.3) is 0 Å². The third-order valence-electron chi connectivity index (χ3n) is 4.31. The van der Waals surface area contributed by atoms with Gasteiger partial charge in [0.25, 0.3) is 0 Å². The number of nitrogens with zero attached hydrogens (tertiary/aromatic N) is 1. The van der Waals surface area contributed by atoms with E-state index < -0.39 is 0 Å². The highest BCUT2D eigenvalue weighted by atomic mass is 19.1. The molecule has 0 spiro atoms. The topological polar surface area (TPSA) is 29.3 Å². The monoisotopic (exact) mass is 284 g/mol. The molecule has 1 heterocycles. The first-order chi connectivity index (χ1) is 10.1. The lowest BCUT2D eigenvalue weighted by molar-refractivity contribution is 0.324. The van der Waals surface area contributed by atoms with E-state index in [0.717, 1.165) is 25.2 Å². The van der Waals surface area contributed by atoms with Crippen LogP contribution < -0.4 is 5.73 Å². The van der Waals surface area contributed by atoms with Gasteiger partial charge in [-0.25, -0.2) is 4.39 Å². The summed E-state index contributed by atoms with van der Waals surface area (Å²) < 4.78 is 13.7. The molecule has 21 heavy (non-hydrogen) atoms. The number of hydrogen-bond donors (Lipinski definition) is 1. The SMILES string of the molecule is Cc1ccc(C2CN(Cc3ccccc3)CC2N)cc1F. The zero-order chi connectivity index (χ0) is 14.8. The molecule has 0 aliphatic carbocycles. The van der Waals surface area contributed by atoms with Gasteiger partial charge in [0.1, 0.15) is 5.82 Å². The predicted molar refractivity (Wildman–Crippen MR) is 83.6 cm³/mol. The summed E-state index contributed by atoms with van der Waals surface area (Å²) in [5.41, 5.74) is 9.27. The average molecular weight is 284 g/mol. The van der Waals surface area contributed by atoms with Gasteiger partial charge in [0.15, 0.2) is 0 Å². The van der Waals surface area contributed by atoms with Crippen molar-refractivity contribution in [3.05, 3.63) is 71.0 Å². The van der Waals surface area contributed by atoms with Gasteiger partial charge < -0.3 is 5.73 Å². The van der Waals surface area contributed by atoms with Crippen LogP contribution in [0.3, 0.4) is 0 Å². The van der Waals surface area contributed by atoms with Crippen molar-refractivity contribution in [1.82, 2.24) is 4.90 Å². The van der Waals surface area contributed by atoms with Gasteiger partial charge in [-0.05, 0) is 29.7 Å². The van der Waals surface area contributed by atoms with Crippen LogP contribution in [-0.2, 0) is 6.54 Å². The van der Waals surface area contributed by atoms with Gasteiger partial charge in [0.2, 0.25) is 0 Å². The van der Waals surface area contributed by atoms with Gasteiger partial charge in [-0.1, -0.05) is 42.5 Å². The van der Waals surface area contributed by atoms with Gasteiger partial charge in [-0.2, -0.15) is 0 Å². The Morgan fingerprint density at radius 1 is 1.14 bits per heavy atom. The van der Waals surface area contributed by atoms with Crippen LogP contribution in [0, 0.1) is 12.7 Å². The highest BCUT2D eigenvalue weighted by Gasteiger charge is 2.31. The van der Waals surface area contributed by atoms with Crippen molar-refractivity contribution in [3.8, 4) is 0 Å². The standard InChI is InChI=1S/C18H21FN2/c1-13-7-8-15(9-17(13)19)16-11-21(12-18(16)20)10-14-5-3-2-4-6-14/h2-9,16,18H,10-12,20H2,1H3. The summed E-state index contributed by atoms with van der Waals surface area (Å²) in [5.74, 6) is 0.0741. The molecule has 0 bridgehead atoms. The highest BCUT2D eigenvalue weighted by molar-refractivity contribution is 5.29. The van der Waals surface area contributed by atoms with E-state index in [4.69, 9.17) is 5.73 Å². The summed E-state index contributed by atoms with van der Waals surface area (Å²) >= 11 is 0. The summed E-state index contributed by atoms with van der Waals surface area (Å²) in [6, 6.07) is 16.0. The number of benzene rings is 2. The Kier molecular flexibility index (Phi) is 4.04. The van der Waals surface area contributed by atoms with Crippen LogP contribution in [-0.4, -0.2) is 24.0 Å². The second-order valence-electron chi connectivity index (χ2n) is 5.96. The van der Waals surface area contributed by atoms with Crippen LogP contribution in [0.1, 0.15) is 22.6 Å². The van der Waals surface area contributed by atoms with Crippen molar-refractivity contribution in [2.24, 2.45) is 5.73 Å². The molecule has 1 saturated heterocycles. The first-order valence-corrected chi connectivity index (χ1v) is 7.41. The van der Waals surface area contributed by atoms with E-state index in [2.05, 4.69) is 29.2 Å². The molecule has 0 saturated carbocycles. The number of nitrogens with two attached hydrogens (primary N) is 1. The Hall–Kier alpha value is -1.71. The molecule has 3 heteroatoms. The lowest BCUT2D eigenvalue weighted by Gasteiger charge is -2.16. The Balaban J connectivity index is 1.72. The minimum atomic E-state index is -0.138. The zero-order valence-corrected chi connectivity index (χ0v) is 12.3. The van der Waals surface area contributed by atoms with E-state index in [1.165, 1.54) is 5.56 Å². The molecule has 110 valence electrons. The summed E-state index contributed by atoms with van der Waals surface area (Å²) in [7, 11) is 0. The van der Waals surface area contributed by atoms with Gasteiger partial charge in [-0.3, -0.25) is 4.90 Å². The number of hydrogen-bond acceptors (Lipinski definition) is 2. The molecule has 2 aromatic carbocycles. The Bertz CT molecular complexity index is 612. The molecule has 1 aliphatic rings. The van der Waals surface area contributed by atoms with Crippen molar-refractivity contribution >= 4 is 0 Å². The van der Waals surface area contributed by atoms with Crippen LogP contribution in [0.4, 0.5) is 4.39 Å². The molecule has 3 rings (SSSR count). The second kappa shape index (κ2) is 5.96. The fourth-order valence-electron chi connectivity index (χ4n) is 3.08. The summed E-state index contributed by atoms with van der Waals surface area (Å²) in [6.07, 6.45) is 0. The molecule has 2 aromatic rings. The smallest absolute Gasteiger partial charge is 0.126 e. The van der Waals surface area contributed by atoms with E-state index in [0.29, 0.717) is 5.56 Å². The second-order valence-corrected chi connectivity index (χ2v) is 5.96. The van der Waals surface area contributed by atoms with Crippen molar-refractivity contribution in [2.45, 2.75) is 25.4 Å². The molecular weight excluding hydrogens is 263 g/mol. The molecular formula is C18H21FN2. The normalized spacial score (nSPS) is 22.6. The lowest BCUT2D eigenvalue weighted by atomic mass is 9.94. The summed E-state index contributed by atoms with van der Waals surface area (Å²) in [6.45, 7) is 4.43. The number of rotatable bonds is 3. The summed E-state index contributed by atoms with van der Waals surface area (Å²) in [4.78, 5) is 2.35. The largest absolute Gasteiger partial charge is 0.326 e. The van der Waals surface area contributed by atoms with Crippen LogP contribution in [0.5, 0.6) is 0 Å². The quantitative estimate of drug-likeness (QED) is 0.938. The number of aryl methyl sites for hydroxylation is 1. The molecule has 2 unspecified atom stereocenters. The van der Waals surface area contributed by atoms with Crippen molar-refractivity contribution in [1.29, 1.82) is 0 Å². The maximum absolute atomic E-state index is 13.7. The Morgan fingerprint density at radius 3 is 2.62 bits per heavy atom. The van der Waals surface area contributed by atoms with Crippen molar-refractivity contribution < 1.29 is 4.39 Å². The van der Waals surface area contributed by atoms with Gasteiger partial charge >= 0.3 is 0 Å². The number of halogens is 1. The molecule has 1 fully saturated rings. The Morgan fingerprint density at radius 2 is 1.90 bits per heavy atom. The van der Waals surface area contributed by atoms with E-state index in [1.807, 2.05) is 18.2 Å². The molecule has 1 aliphatic heterocycles. The number of likely N-dealkylation sites (tertiary alicyclic amines) is 1. The predicted octanol–water partition coefficient (Wildman–Crippen LogP) is 3.06. The third kappa shape index (κ3) is 3.14. The van der Waals surface area contributed by atoms with E-state index in [1.54, 1.807) is 13.0 Å². The fraction of sp³-hybridized carbons (Fsp3) is 0.333. The minimum absolute atomic E-state index is 0.0656. The highest BCUT2D eigenvalue weighted by Crippen LogP contribution is 2.28. The molecule has 0 radical (unpaired) electrons. The maximum Gasteiger partial charge on any atom is 0.126 e. The lowest BCUT2D eigenvalue weighted by Crippen LogP contribution is -2.28. The fourth-order valence-corrected chi connectivity index (χ4v) is 3.08. The van der Waals surface area contributed by atoms with E-state index in [9.17, 15) is 4.39 Å². The minimum Gasteiger partial charge on any atom is -0.326 e. The molecule has 0 amide bonds. The Labute approximate surface area is 125 Å². The van der Waals surface area contributed by atoms with E-state index >= 15 is 0 Å². The van der Waals surface area contributed by atoms with Gasteiger partial charge in [-0.15, -0.1) is 0 Å². The third-order valence-corrected chi connectivity index (χ3v) is 4.31. The molecule has 2 nitrogen and oxygen atoms in total.